The Morgan fingerprint density at radius 3 is 2.46 bits per heavy atom. The summed E-state index contributed by atoms with van der Waals surface area (Å²) in [5.41, 5.74) is 0.971. The molecule has 1 N–H and O–H groups in total. The van der Waals surface area contributed by atoms with E-state index in [9.17, 15) is 18.0 Å². The van der Waals surface area contributed by atoms with Crippen LogP contribution in [-0.4, -0.2) is 61.1 Å². The minimum absolute atomic E-state index is 0. The summed E-state index contributed by atoms with van der Waals surface area (Å²) in [5.74, 6) is 0.212. The lowest BCUT2D eigenvalue weighted by Gasteiger charge is -2.36. The number of carbonyl (C=O) groups excluding carboxylic acids is 1. The zero-order valence-electron chi connectivity index (χ0n) is 14.2. The second-order valence-corrected chi connectivity index (χ2v) is 6.14. The van der Waals surface area contributed by atoms with E-state index in [0.717, 1.165) is 5.56 Å². The fourth-order valence-corrected chi connectivity index (χ4v) is 2.64. The third kappa shape index (κ3) is 7.18. The summed E-state index contributed by atoms with van der Waals surface area (Å²) >= 11 is 5.85. The molecule has 1 fully saturated rings. The average Bonchev–Trinajstić information content (AvgIpc) is 2.54. The Morgan fingerprint density at radius 1 is 1.27 bits per heavy atom. The van der Waals surface area contributed by atoms with Crippen LogP contribution >= 0.6 is 35.6 Å². The van der Waals surface area contributed by atoms with E-state index in [2.05, 4.69) is 10.3 Å². The van der Waals surface area contributed by atoms with Crippen molar-refractivity contribution < 1.29 is 18.0 Å². The van der Waals surface area contributed by atoms with Gasteiger partial charge in [-0.15, -0.1) is 24.0 Å². The van der Waals surface area contributed by atoms with Crippen molar-refractivity contribution in [2.75, 3.05) is 33.2 Å². The van der Waals surface area contributed by atoms with E-state index >= 15 is 0 Å². The number of amides is 1. The van der Waals surface area contributed by atoms with Gasteiger partial charge in [-0.2, -0.15) is 13.2 Å². The molecule has 146 valence electrons. The first-order valence-electron chi connectivity index (χ1n) is 7.83. The number of guanidine groups is 1. The van der Waals surface area contributed by atoms with Crippen molar-refractivity contribution >= 4 is 47.4 Å². The predicted molar refractivity (Wildman–Crippen MR) is 106 cm³/mol. The van der Waals surface area contributed by atoms with Crippen molar-refractivity contribution in [3.05, 3.63) is 34.9 Å². The number of benzene rings is 1. The Kier molecular flexibility index (Phi) is 8.94. The third-order valence-electron chi connectivity index (χ3n) is 3.81. The molecule has 1 aromatic carbocycles. The molecule has 1 heterocycles. The summed E-state index contributed by atoms with van der Waals surface area (Å²) < 4.78 is 36.7. The number of halogens is 5. The SMILES string of the molecule is CN=C(NCCC(F)(F)F)N1CCN(Cc2ccc(Cl)cc2)C(=O)C1.I. The molecule has 0 unspecified atom stereocenters. The molecule has 0 bridgehead atoms. The number of hydrogen-bond acceptors (Lipinski definition) is 2. The van der Waals surface area contributed by atoms with Gasteiger partial charge in [-0.3, -0.25) is 9.79 Å². The topological polar surface area (TPSA) is 47.9 Å². The molecule has 0 spiro atoms. The maximum absolute atomic E-state index is 12.3. The Morgan fingerprint density at radius 2 is 1.92 bits per heavy atom. The lowest BCUT2D eigenvalue weighted by molar-refractivity contribution is -0.136. The summed E-state index contributed by atoms with van der Waals surface area (Å²) in [6.45, 7) is 1.27. The monoisotopic (exact) mass is 504 g/mol. The molecule has 10 heteroatoms. The van der Waals surface area contributed by atoms with Crippen molar-refractivity contribution in [1.82, 2.24) is 15.1 Å². The number of rotatable bonds is 4. The van der Waals surface area contributed by atoms with E-state index in [-0.39, 0.29) is 43.0 Å². The summed E-state index contributed by atoms with van der Waals surface area (Å²) in [7, 11) is 1.49. The van der Waals surface area contributed by atoms with Gasteiger partial charge in [0.1, 0.15) is 0 Å². The number of alkyl halides is 3. The van der Waals surface area contributed by atoms with Gasteiger partial charge < -0.3 is 15.1 Å². The first-order valence-corrected chi connectivity index (χ1v) is 8.21. The number of hydrogen-bond donors (Lipinski definition) is 1. The summed E-state index contributed by atoms with van der Waals surface area (Å²) in [6.07, 6.45) is -5.17. The van der Waals surface area contributed by atoms with Crippen LogP contribution in [-0.2, 0) is 11.3 Å². The van der Waals surface area contributed by atoms with E-state index in [4.69, 9.17) is 11.6 Å². The van der Waals surface area contributed by atoms with E-state index in [1.807, 2.05) is 12.1 Å². The lowest BCUT2D eigenvalue weighted by atomic mass is 10.2. The van der Waals surface area contributed by atoms with Gasteiger partial charge in [0.05, 0.1) is 13.0 Å². The number of nitrogens with one attached hydrogen (secondary N) is 1. The van der Waals surface area contributed by atoms with E-state index in [0.29, 0.717) is 30.6 Å². The van der Waals surface area contributed by atoms with Gasteiger partial charge in [0, 0.05) is 38.2 Å². The molecule has 0 saturated carbocycles. The maximum atomic E-state index is 12.3. The molecule has 1 saturated heterocycles. The van der Waals surface area contributed by atoms with Crippen molar-refractivity contribution in [3.63, 3.8) is 0 Å². The molecule has 2 rings (SSSR count). The van der Waals surface area contributed by atoms with Crippen LogP contribution in [0.3, 0.4) is 0 Å². The number of nitrogens with zero attached hydrogens (tertiary/aromatic N) is 3. The van der Waals surface area contributed by atoms with Crippen LogP contribution in [0.2, 0.25) is 5.02 Å². The largest absolute Gasteiger partial charge is 0.390 e. The van der Waals surface area contributed by atoms with Crippen LogP contribution in [0.5, 0.6) is 0 Å². The highest BCUT2D eigenvalue weighted by Gasteiger charge is 2.28. The number of aliphatic imine (C=N–C) groups is 1. The molecular weight excluding hydrogens is 484 g/mol. The van der Waals surface area contributed by atoms with Crippen LogP contribution in [0.4, 0.5) is 13.2 Å². The average molecular weight is 505 g/mol. The molecule has 0 aliphatic carbocycles. The molecular formula is C16H21ClF3IN4O. The molecule has 0 atom stereocenters. The zero-order chi connectivity index (χ0) is 18.4. The van der Waals surface area contributed by atoms with Gasteiger partial charge in [-0.1, -0.05) is 23.7 Å². The van der Waals surface area contributed by atoms with Gasteiger partial charge in [0.25, 0.3) is 0 Å². The van der Waals surface area contributed by atoms with Crippen LogP contribution in [0.15, 0.2) is 29.3 Å². The molecule has 1 amide bonds. The normalized spacial score (nSPS) is 15.7. The minimum Gasteiger partial charge on any atom is -0.356 e. The van der Waals surface area contributed by atoms with Crippen LogP contribution in [0, 0.1) is 0 Å². The first-order chi connectivity index (χ1) is 11.8. The minimum atomic E-state index is -4.22. The molecule has 1 aromatic rings. The maximum Gasteiger partial charge on any atom is 0.390 e. The van der Waals surface area contributed by atoms with Gasteiger partial charge in [-0.05, 0) is 17.7 Å². The Bertz CT molecular complexity index is 625. The molecule has 5 nitrogen and oxygen atoms in total. The van der Waals surface area contributed by atoms with Gasteiger partial charge in [-0.25, -0.2) is 0 Å². The third-order valence-corrected chi connectivity index (χ3v) is 4.06. The zero-order valence-corrected chi connectivity index (χ0v) is 17.3. The highest BCUT2D eigenvalue weighted by Crippen LogP contribution is 2.18. The summed E-state index contributed by atoms with van der Waals surface area (Å²) in [4.78, 5) is 19.7. The Balaban J connectivity index is 0.00000338. The van der Waals surface area contributed by atoms with Crippen molar-refractivity contribution in [2.45, 2.75) is 19.1 Å². The molecule has 0 aromatic heterocycles. The summed E-state index contributed by atoms with van der Waals surface area (Å²) in [5, 5.41) is 3.29. The molecule has 0 radical (unpaired) electrons. The lowest BCUT2D eigenvalue weighted by Crippen LogP contribution is -2.55. The second-order valence-electron chi connectivity index (χ2n) is 5.70. The molecule has 26 heavy (non-hydrogen) atoms. The highest BCUT2D eigenvalue weighted by atomic mass is 127. The van der Waals surface area contributed by atoms with Crippen molar-refractivity contribution in [1.29, 1.82) is 0 Å². The Labute approximate surface area is 172 Å². The number of piperazine rings is 1. The smallest absolute Gasteiger partial charge is 0.356 e. The predicted octanol–water partition coefficient (Wildman–Crippen LogP) is 3.13. The highest BCUT2D eigenvalue weighted by molar-refractivity contribution is 14.0. The van der Waals surface area contributed by atoms with Crippen molar-refractivity contribution in [3.8, 4) is 0 Å². The van der Waals surface area contributed by atoms with Crippen LogP contribution < -0.4 is 5.32 Å². The van der Waals surface area contributed by atoms with Gasteiger partial charge >= 0.3 is 6.18 Å². The second kappa shape index (κ2) is 10.2. The first kappa shape index (κ1) is 22.8. The van der Waals surface area contributed by atoms with E-state index in [1.54, 1.807) is 21.9 Å². The summed E-state index contributed by atoms with van der Waals surface area (Å²) in [6, 6.07) is 7.26. The molecule has 1 aliphatic rings. The Hall–Kier alpha value is -1.23. The number of carbonyl (C=O) groups is 1. The van der Waals surface area contributed by atoms with Gasteiger partial charge in [0.15, 0.2) is 5.96 Å². The van der Waals surface area contributed by atoms with Crippen LogP contribution in [0.1, 0.15) is 12.0 Å². The van der Waals surface area contributed by atoms with Crippen molar-refractivity contribution in [2.24, 2.45) is 4.99 Å². The van der Waals surface area contributed by atoms with E-state index < -0.39 is 12.6 Å². The van der Waals surface area contributed by atoms with E-state index in [1.165, 1.54) is 7.05 Å². The van der Waals surface area contributed by atoms with Crippen LogP contribution in [0.25, 0.3) is 0 Å². The fraction of sp³-hybridized carbons (Fsp3) is 0.500. The standard InChI is InChI=1S/C16H20ClF3N4O.HI/c1-21-15(22-7-6-16(18,19)20)24-9-8-23(14(25)11-24)10-12-2-4-13(17)5-3-12;/h2-5H,6-11H2,1H3,(H,21,22);1H. The quantitative estimate of drug-likeness (QED) is 0.389. The fourth-order valence-electron chi connectivity index (χ4n) is 2.51. The molecule has 1 aliphatic heterocycles. The van der Waals surface area contributed by atoms with Gasteiger partial charge in [0.2, 0.25) is 5.91 Å².